The number of hydrogen-bond acceptors (Lipinski definition) is 1. The number of carbonyl (C=O) groups is 1. The van der Waals surface area contributed by atoms with Crippen molar-refractivity contribution in [2.75, 3.05) is 6.54 Å². The molecule has 0 aromatic rings. The Morgan fingerprint density at radius 2 is 2.38 bits per heavy atom. The Morgan fingerprint density at radius 1 is 1.69 bits per heavy atom. The highest BCUT2D eigenvalue weighted by Crippen LogP contribution is 2.19. The van der Waals surface area contributed by atoms with Crippen LogP contribution in [0.2, 0.25) is 0 Å². The van der Waals surface area contributed by atoms with Crippen molar-refractivity contribution in [3.8, 4) is 0 Å². The Kier molecular flexibility index (Phi) is 3.52. The first-order chi connectivity index (χ1) is 6.15. The number of rotatable bonds is 3. The topological polar surface area (TPSA) is 20.3 Å². The molecule has 1 saturated heterocycles. The molecule has 1 fully saturated rings. The summed E-state index contributed by atoms with van der Waals surface area (Å²) in [6, 6.07) is 0.297. The van der Waals surface area contributed by atoms with E-state index >= 15 is 0 Å². The van der Waals surface area contributed by atoms with Crippen LogP contribution in [0.5, 0.6) is 0 Å². The zero-order chi connectivity index (χ0) is 9.84. The van der Waals surface area contributed by atoms with E-state index in [9.17, 15) is 4.79 Å². The van der Waals surface area contributed by atoms with E-state index in [1.165, 1.54) is 0 Å². The normalized spacial score (nSPS) is 22.4. The molecule has 1 aliphatic heterocycles. The average molecular weight is 181 g/mol. The Hall–Kier alpha value is -0.790. The lowest BCUT2D eigenvalue weighted by Crippen LogP contribution is -2.34. The van der Waals surface area contributed by atoms with E-state index in [0.717, 1.165) is 19.4 Å². The minimum Gasteiger partial charge on any atom is -0.336 e. The van der Waals surface area contributed by atoms with Crippen molar-refractivity contribution in [1.82, 2.24) is 4.90 Å². The summed E-state index contributed by atoms with van der Waals surface area (Å²) in [5, 5.41) is 0. The highest BCUT2D eigenvalue weighted by atomic mass is 16.2. The number of likely N-dealkylation sites (tertiary alicyclic amines) is 1. The largest absolute Gasteiger partial charge is 0.336 e. The second-order valence-electron chi connectivity index (χ2n) is 4.13. The minimum atomic E-state index is 0.289. The van der Waals surface area contributed by atoms with Gasteiger partial charge in [0.1, 0.15) is 0 Å². The van der Waals surface area contributed by atoms with Crippen molar-refractivity contribution < 1.29 is 4.79 Å². The molecule has 2 heteroatoms. The van der Waals surface area contributed by atoms with Gasteiger partial charge in [0, 0.05) is 19.0 Å². The predicted molar refractivity (Wildman–Crippen MR) is 54.4 cm³/mol. The van der Waals surface area contributed by atoms with Crippen LogP contribution in [0.4, 0.5) is 0 Å². The molecule has 1 heterocycles. The van der Waals surface area contributed by atoms with E-state index in [1.54, 1.807) is 0 Å². The molecule has 1 aliphatic rings. The lowest BCUT2D eigenvalue weighted by molar-refractivity contribution is -0.132. The SMILES string of the molecule is C=CC1CCCN1C(=O)CC(C)C. The molecule has 1 amide bonds. The monoisotopic (exact) mass is 181 g/mol. The minimum absolute atomic E-state index is 0.289. The Balaban J connectivity index is 2.50. The summed E-state index contributed by atoms with van der Waals surface area (Å²) in [6.45, 7) is 8.84. The highest BCUT2D eigenvalue weighted by Gasteiger charge is 2.26. The van der Waals surface area contributed by atoms with Gasteiger partial charge >= 0.3 is 0 Å². The van der Waals surface area contributed by atoms with Crippen molar-refractivity contribution in [3.63, 3.8) is 0 Å². The number of amides is 1. The van der Waals surface area contributed by atoms with Gasteiger partial charge in [-0.05, 0) is 18.8 Å². The van der Waals surface area contributed by atoms with Crippen LogP contribution in [-0.2, 0) is 4.79 Å². The summed E-state index contributed by atoms with van der Waals surface area (Å²) in [5.41, 5.74) is 0. The third kappa shape index (κ3) is 2.58. The van der Waals surface area contributed by atoms with Gasteiger partial charge in [0.05, 0.1) is 0 Å². The Morgan fingerprint density at radius 3 is 2.92 bits per heavy atom. The van der Waals surface area contributed by atoms with Crippen molar-refractivity contribution in [3.05, 3.63) is 12.7 Å². The van der Waals surface area contributed by atoms with Crippen LogP contribution in [0.3, 0.4) is 0 Å². The first-order valence-corrected chi connectivity index (χ1v) is 5.07. The van der Waals surface area contributed by atoms with Gasteiger partial charge in [-0.1, -0.05) is 19.9 Å². The molecule has 1 unspecified atom stereocenters. The van der Waals surface area contributed by atoms with E-state index in [2.05, 4.69) is 20.4 Å². The summed E-state index contributed by atoms with van der Waals surface area (Å²) in [5.74, 6) is 0.746. The fraction of sp³-hybridized carbons (Fsp3) is 0.727. The predicted octanol–water partition coefficient (Wildman–Crippen LogP) is 2.21. The fourth-order valence-electron chi connectivity index (χ4n) is 1.81. The Labute approximate surface area is 80.6 Å². The van der Waals surface area contributed by atoms with Gasteiger partial charge in [-0.2, -0.15) is 0 Å². The fourth-order valence-corrected chi connectivity index (χ4v) is 1.81. The van der Waals surface area contributed by atoms with Gasteiger partial charge < -0.3 is 4.90 Å². The molecule has 0 saturated carbocycles. The van der Waals surface area contributed by atoms with Crippen LogP contribution in [0.15, 0.2) is 12.7 Å². The lowest BCUT2D eigenvalue weighted by atomic mass is 10.1. The number of hydrogen-bond donors (Lipinski definition) is 0. The summed E-state index contributed by atoms with van der Waals surface area (Å²) in [7, 11) is 0. The van der Waals surface area contributed by atoms with Gasteiger partial charge in [-0.3, -0.25) is 4.79 Å². The van der Waals surface area contributed by atoms with E-state index in [-0.39, 0.29) is 5.91 Å². The smallest absolute Gasteiger partial charge is 0.223 e. The van der Waals surface area contributed by atoms with Crippen LogP contribution in [0.25, 0.3) is 0 Å². The average Bonchev–Trinajstić information content (AvgIpc) is 2.49. The standard InChI is InChI=1S/C11H19NO/c1-4-10-6-5-7-12(10)11(13)8-9(2)3/h4,9-10H,1,5-8H2,2-3H3. The van der Waals surface area contributed by atoms with Crippen molar-refractivity contribution >= 4 is 5.91 Å². The molecular weight excluding hydrogens is 162 g/mol. The molecule has 0 aromatic heterocycles. The van der Waals surface area contributed by atoms with Crippen LogP contribution >= 0.6 is 0 Å². The van der Waals surface area contributed by atoms with Gasteiger partial charge in [0.25, 0.3) is 0 Å². The van der Waals surface area contributed by atoms with Crippen molar-refractivity contribution in [2.45, 2.75) is 39.2 Å². The molecule has 1 atom stereocenters. The van der Waals surface area contributed by atoms with E-state index < -0.39 is 0 Å². The van der Waals surface area contributed by atoms with E-state index in [0.29, 0.717) is 18.4 Å². The highest BCUT2D eigenvalue weighted by molar-refractivity contribution is 5.77. The number of nitrogens with zero attached hydrogens (tertiary/aromatic N) is 1. The molecule has 0 radical (unpaired) electrons. The third-order valence-corrected chi connectivity index (χ3v) is 2.47. The van der Waals surface area contributed by atoms with Gasteiger partial charge in [0.15, 0.2) is 0 Å². The second kappa shape index (κ2) is 4.45. The summed E-state index contributed by atoms with van der Waals surface area (Å²) >= 11 is 0. The zero-order valence-electron chi connectivity index (χ0n) is 8.62. The molecule has 0 aliphatic carbocycles. The first kappa shape index (κ1) is 10.3. The molecule has 2 nitrogen and oxygen atoms in total. The molecule has 13 heavy (non-hydrogen) atoms. The lowest BCUT2D eigenvalue weighted by Gasteiger charge is -2.22. The van der Waals surface area contributed by atoms with Crippen LogP contribution in [0.1, 0.15) is 33.1 Å². The molecular formula is C11H19NO. The summed E-state index contributed by atoms with van der Waals surface area (Å²) in [6.07, 6.45) is 4.78. The maximum Gasteiger partial charge on any atom is 0.223 e. The molecule has 1 rings (SSSR count). The third-order valence-electron chi connectivity index (χ3n) is 2.47. The second-order valence-corrected chi connectivity index (χ2v) is 4.13. The van der Waals surface area contributed by atoms with Gasteiger partial charge in [-0.15, -0.1) is 6.58 Å². The van der Waals surface area contributed by atoms with Crippen LogP contribution < -0.4 is 0 Å². The first-order valence-electron chi connectivity index (χ1n) is 5.07. The van der Waals surface area contributed by atoms with Crippen molar-refractivity contribution in [1.29, 1.82) is 0 Å². The van der Waals surface area contributed by atoms with E-state index in [4.69, 9.17) is 0 Å². The van der Waals surface area contributed by atoms with Crippen molar-refractivity contribution in [2.24, 2.45) is 5.92 Å². The zero-order valence-corrected chi connectivity index (χ0v) is 8.62. The quantitative estimate of drug-likeness (QED) is 0.611. The maximum absolute atomic E-state index is 11.7. The molecule has 0 spiro atoms. The maximum atomic E-state index is 11.7. The molecule has 74 valence electrons. The van der Waals surface area contributed by atoms with Crippen LogP contribution in [-0.4, -0.2) is 23.4 Å². The molecule has 0 bridgehead atoms. The van der Waals surface area contributed by atoms with E-state index in [1.807, 2.05) is 11.0 Å². The van der Waals surface area contributed by atoms with Gasteiger partial charge in [-0.25, -0.2) is 0 Å². The Bertz CT molecular complexity index is 198. The summed E-state index contributed by atoms with van der Waals surface area (Å²) in [4.78, 5) is 13.7. The molecule has 0 aromatic carbocycles. The summed E-state index contributed by atoms with van der Waals surface area (Å²) < 4.78 is 0. The van der Waals surface area contributed by atoms with Crippen LogP contribution in [0, 0.1) is 5.92 Å². The number of carbonyl (C=O) groups excluding carboxylic acids is 1. The molecule has 0 N–H and O–H groups in total. The van der Waals surface area contributed by atoms with Gasteiger partial charge in [0.2, 0.25) is 5.91 Å².